The number of halogens is 1. The van der Waals surface area contributed by atoms with Gasteiger partial charge in [-0.25, -0.2) is 4.79 Å². The summed E-state index contributed by atoms with van der Waals surface area (Å²) in [4.78, 5) is 26.2. The maximum absolute atomic E-state index is 12.4. The van der Waals surface area contributed by atoms with Crippen LogP contribution in [-0.4, -0.2) is 36.5 Å². The quantitative estimate of drug-likeness (QED) is 0.662. The minimum Gasteiger partial charge on any atom is -0.488 e. The molecule has 144 valence electrons. The van der Waals surface area contributed by atoms with Crippen molar-refractivity contribution in [3.8, 4) is 11.8 Å². The zero-order chi connectivity index (χ0) is 19.9. The second-order valence-corrected chi connectivity index (χ2v) is 6.46. The van der Waals surface area contributed by atoms with E-state index in [2.05, 4.69) is 0 Å². The predicted molar refractivity (Wildman–Crippen MR) is 100 cm³/mol. The number of hydrogen-bond donors (Lipinski definition) is 0. The summed E-state index contributed by atoms with van der Waals surface area (Å²) in [5.41, 5.74) is 0.961. The Balaban J connectivity index is 1.60. The first-order valence-corrected chi connectivity index (χ1v) is 8.92. The molecule has 0 aliphatic carbocycles. The number of nitrogens with zero attached hydrogens (tertiary/aromatic N) is 2. The van der Waals surface area contributed by atoms with E-state index in [0.29, 0.717) is 22.1 Å². The van der Waals surface area contributed by atoms with Gasteiger partial charge < -0.3 is 18.8 Å². The molecule has 1 aliphatic rings. The summed E-state index contributed by atoms with van der Waals surface area (Å²) >= 11 is 5.96. The molecule has 0 saturated carbocycles. The van der Waals surface area contributed by atoms with Crippen molar-refractivity contribution < 1.29 is 23.5 Å². The van der Waals surface area contributed by atoms with Crippen molar-refractivity contribution in [2.75, 3.05) is 19.8 Å². The van der Waals surface area contributed by atoms with E-state index in [1.165, 1.54) is 11.2 Å². The van der Waals surface area contributed by atoms with Gasteiger partial charge in [-0.2, -0.15) is 5.26 Å². The molecule has 0 radical (unpaired) electrons. The number of furan rings is 1. The number of hydrogen-bond acceptors (Lipinski definition) is 6. The van der Waals surface area contributed by atoms with Crippen LogP contribution < -0.4 is 4.74 Å². The molecular weight excluding hydrogens is 384 g/mol. The molecule has 8 heteroatoms. The summed E-state index contributed by atoms with van der Waals surface area (Å²) < 4.78 is 15.9. The lowest BCUT2D eigenvalue weighted by atomic mass is 10.1. The van der Waals surface area contributed by atoms with Gasteiger partial charge in [0.2, 0.25) is 0 Å². The van der Waals surface area contributed by atoms with Gasteiger partial charge >= 0.3 is 5.97 Å². The monoisotopic (exact) mass is 400 g/mol. The first-order chi connectivity index (χ1) is 13.6. The molecule has 2 aromatic rings. The fourth-order valence-corrected chi connectivity index (χ4v) is 2.83. The lowest BCUT2D eigenvalue weighted by molar-refractivity contribution is -0.149. The number of ether oxygens (including phenoxy) is 2. The van der Waals surface area contributed by atoms with E-state index in [4.69, 9.17) is 30.8 Å². The average molecular weight is 401 g/mol. The Morgan fingerprint density at radius 2 is 2.18 bits per heavy atom. The van der Waals surface area contributed by atoms with Crippen molar-refractivity contribution in [1.29, 1.82) is 5.26 Å². The van der Waals surface area contributed by atoms with Crippen molar-refractivity contribution in [3.05, 3.63) is 58.5 Å². The lowest BCUT2D eigenvalue weighted by Crippen LogP contribution is -2.35. The van der Waals surface area contributed by atoms with Crippen LogP contribution in [0.4, 0.5) is 0 Å². The molecule has 1 aromatic carbocycles. The van der Waals surface area contributed by atoms with Crippen LogP contribution in [-0.2, 0) is 20.9 Å². The summed E-state index contributed by atoms with van der Waals surface area (Å²) in [7, 11) is 0. The number of nitriles is 1. The minimum atomic E-state index is -0.641. The standard InChI is InChI=1S/C20H17ClN2O5/c21-16-4-5-18-14(10-16)9-15(12-27-18)20(25)28-13-19(24)23(7-2-6-22)11-17-3-1-8-26-17/h1,3-5,8-10H,2,7,11-13H2. The van der Waals surface area contributed by atoms with Gasteiger partial charge in [-0.3, -0.25) is 4.79 Å². The van der Waals surface area contributed by atoms with Crippen LogP contribution in [0.25, 0.3) is 6.08 Å². The highest BCUT2D eigenvalue weighted by molar-refractivity contribution is 6.30. The Morgan fingerprint density at radius 3 is 2.93 bits per heavy atom. The van der Waals surface area contributed by atoms with Crippen molar-refractivity contribution in [2.24, 2.45) is 0 Å². The largest absolute Gasteiger partial charge is 0.488 e. The maximum Gasteiger partial charge on any atom is 0.338 e. The Morgan fingerprint density at radius 1 is 1.32 bits per heavy atom. The Hall–Kier alpha value is -3.24. The number of carbonyl (C=O) groups is 2. The Kier molecular flexibility index (Phi) is 6.35. The lowest BCUT2D eigenvalue weighted by Gasteiger charge is -2.21. The number of amides is 1. The molecule has 3 rings (SSSR count). The molecule has 1 amide bonds. The first kappa shape index (κ1) is 19.5. The molecule has 0 atom stereocenters. The van der Waals surface area contributed by atoms with E-state index in [1.807, 2.05) is 6.07 Å². The number of esters is 1. The van der Waals surface area contributed by atoms with Crippen molar-refractivity contribution in [1.82, 2.24) is 4.90 Å². The van der Waals surface area contributed by atoms with Gasteiger partial charge in [-0.1, -0.05) is 11.6 Å². The summed E-state index contributed by atoms with van der Waals surface area (Å²) in [6.07, 6.45) is 3.30. The minimum absolute atomic E-state index is 0.0478. The normalized spacial score (nSPS) is 12.2. The SMILES string of the molecule is N#CCCN(Cc1ccco1)C(=O)COC(=O)C1=Cc2cc(Cl)ccc2OC1. The highest BCUT2D eigenvalue weighted by atomic mass is 35.5. The highest BCUT2D eigenvalue weighted by Gasteiger charge is 2.21. The van der Waals surface area contributed by atoms with Crippen LogP contribution in [0.15, 0.2) is 46.6 Å². The van der Waals surface area contributed by atoms with Gasteiger partial charge in [0, 0.05) is 17.1 Å². The van der Waals surface area contributed by atoms with Crippen LogP contribution in [0.3, 0.4) is 0 Å². The second kappa shape index (κ2) is 9.11. The van der Waals surface area contributed by atoms with E-state index in [9.17, 15) is 9.59 Å². The number of fused-ring (bicyclic) bond motifs is 1. The van der Waals surface area contributed by atoms with Crippen LogP contribution in [0.5, 0.6) is 5.75 Å². The second-order valence-electron chi connectivity index (χ2n) is 6.02. The van der Waals surface area contributed by atoms with E-state index in [0.717, 1.165) is 0 Å². The van der Waals surface area contributed by atoms with Crippen molar-refractivity contribution >= 4 is 29.6 Å². The predicted octanol–water partition coefficient (Wildman–Crippen LogP) is 3.19. The number of carbonyl (C=O) groups excluding carboxylic acids is 2. The molecule has 0 saturated heterocycles. The molecule has 0 N–H and O–H groups in total. The van der Waals surface area contributed by atoms with Crippen molar-refractivity contribution in [2.45, 2.75) is 13.0 Å². The third kappa shape index (κ3) is 4.93. The van der Waals surface area contributed by atoms with Gasteiger partial charge in [0.1, 0.15) is 18.1 Å². The molecule has 28 heavy (non-hydrogen) atoms. The van der Waals surface area contributed by atoms with Gasteiger partial charge in [-0.05, 0) is 36.4 Å². The molecule has 0 fully saturated rings. The van der Waals surface area contributed by atoms with E-state index in [1.54, 1.807) is 36.4 Å². The molecular formula is C20H17ClN2O5. The molecule has 7 nitrogen and oxygen atoms in total. The fraction of sp³-hybridized carbons (Fsp3) is 0.250. The average Bonchev–Trinajstić information content (AvgIpc) is 3.21. The molecule has 2 heterocycles. The van der Waals surface area contributed by atoms with E-state index >= 15 is 0 Å². The van der Waals surface area contributed by atoms with Crippen LogP contribution in [0.2, 0.25) is 5.02 Å². The molecule has 0 unspecified atom stereocenters. The zero-order valence-electron chi connectivity index (χ0n) is 14.9. The van der Waals surface area contributed by atoms with Crippen molar-refractivity contribution in [3.63, 3.8) is 0 Å². The Bertz CT molecular complexity index is 931. The summed E-state index contributed by atoms with van der Waals surface area (Å²) in [6.45, 7) is 0.0188. The Labute approximate surface area is 166 Å². The highest BCUT2D eigenvalue weighted by Crippen LogP contribution is 2.29. The third-order valence-corrected chi connectivity index (χ3v) is 4.28. The topological polar surface area (TPSA) is 92.8 Å². The summed E-state index contributed by atoms with van der Waals surface area (Å²) in [5, 5.41) is 9.31. The van der Waals surface area contributed by atoms with E-state index in [-0.39, 0.29) is 31.7 Å². The maximum atomic E-state index is 12.4. The summed E-state index contributed by atoms with van der Waals surface area (Å²) in [5.74, 6) is 0.144. The zero-order valence-corrected chi connectivity index (χ0v) is 15.6. The molecule has 1 aliphatic heterocycles. The first-order valence-electron chi connectivity index (χ1n) is 8.54. The van der Waals surface area contributed by atoms with Crippen LogP contribution in [0, 0.1) is 11.3 Å². The smallest absolute Gasteiger partial charge is 0.338 e. The summed E-state index contributed by atoms with van der Waals surface area (Å²) in [6, 6.07) is 10.5. The van der Waals surface area contributed by atoms with E-state index < -0.39 is 18.5 Å². The van der Waals surface area contributed by atoms with Crippen LogP contribution in [0.1, 0.15) is 17.7 Å². The number of rotatable bonds is 7. The van der Waals surface area contributed by atoms with Gasteiger partial charge in [0.25, 0.3) is 5.91 Å². The van der Waals surface area contributed by atoms with Crippen LogP contribution >= 0.6 is 11.6 Å². The number of benzene rings is 1. The van der Waals surface area contributed by atoms with Gasteiger partial charge in [-0.15, -0.1) is 0 Å². The molecule has 0 spiro atoms. The third-order valence-electron chi connectivity index (χ3n) is 4.05. The molecule has 1 aromatic heterocycles. The fourth-order valence-electron chi connectivity index (χ4n) is 2.65. The molecule has 0 bridgehead atoms. The van der Waals surface area contributed by atoms with Gasteiger partial charge in [0.05, 0.1) is 30.9 Å². The van der Waals surface area contributed by atoms with Gasteiger partial charge in [0.15, 0.2) is 6.61 Å².